The minimum Gasteiger partial charge on any atom is -0.323 e. The fourth-order valence-corrected chi connectivity index (χ4v) is 1.52. The van der Waals surface area contributed by atoms with Crippen LogP contribution >= 0.6 is 15.4 Å². The molecule has 0 saturated carbocycles. The van der Waals surface area contributed by atoms with Crippen molar-refractivity contribution in [3.05, 3.63) is 0 Å². The molecule has 0 aromatic rings. The largest absolute Gasteiger partial charge is 0.470 e. The average Bonchev–Trinajstić information content (AvgIpc) is 1.56. The molecule has 0 amide bonds. The SMILES string of the molecule is CC(OP(=O)(O)O)P(=O)(O)O. The molecule has 0 bridgehead atoms. The molecule has 68 valence electrons. The van der Waals surface area contributed by atoms with E-state index in [1.807, 2.05) is 0 Å². The fraction of sp³-hybridized carbons (Fsp3) is 1.00. The van der Waals surface area contributed by atoms with E-state index in [2.05, 4.69) is 4.52 Å². The van der Waals surface area contributed by atoms with Gasteiger partial charge in [-0.05, 0) is 6.92 Å². The molecule has 0 radical (unpaired) electrons. The molecule has 7 nitrogen and oxygen atoms in total. The predicted molar refractivity (Wildman–Crippen MR) is 34.6 cm³/mol. The molecule has 0 heterocycles. The van der Waals surface area contributed by atoms with E-state index in [4.69, 9.17) is 19.6 Å². The maximum atomic E-state index is 10.2. The molecule has 0 aromatic heterocycles. The Morgan fingerprint density at radius 3 is 1.64 bits per heavy atom. The van der Waals surface area contributed by atoms with E-state index in [1.54, 1.807) is 0 Å². The van der Waals surface area contributed by atoms with E-state index < -0.39 is 21.3 Å². The molecule has 9 heteroatoms. The molecule has 11 heavy (non-hydrogen) atoms. The van der Waals surface area contributed by atoms with Crippen molar-refractivity contribution in [3.8, 4) is 0 Å². The summed E-state index contributed by atoms with van der Waals surface area (Å²) in [6, 6.07) is 0. The van der Waals surface area contributed by atoms with Gasteiger partial charge in [0.2, 0.25) is 0 Å². The Morgan fingerprint density at radius 1 is 1.18 bits per heavy atom. The average molecular weight is 206 g/mol. The first-order valence-corrected chi connectivity index (χ1v) is 5.63. The van der Waals surface area contributed by atoms with Crippen molar-refractivity contribution >= 4 is 15.4 Å². The van der Waals surface area contributed by atoms with E-state index >= 15 is 0 Å². The van der Waals surface area contributed by atoms with Crippen molar-refractivity contribution in [2.45, 2.75) is 12.8 Å². The predicted octanol–water partition coefficient (Wildman–Crippen LogP) is -0.381. The van der Waals surface area contributed by atoms with Crippen molar-refractivity contribution < 1.29 is 33.2 Å². The Balaban J connectivity index is 4.22. The monoisotopic (exact) mass is 206 g/mol. The topological polar surface area (TPSA) is 124 Å². The van der Waals surface area contributed by atoms with Gasteiger partial charge in [0.15, 0.2) is 5.85 Å². The standard InChI is InChI=1S/C2H8O7P2/c1-2(10(3,4)5)9-11(6,7)8/h2H,1H3,(H2,3,4,5)(H2,6,7,8). The maximum Gasteiger partial charge on any atom is 0.470 e. The highest BCUT2D eigenvalue weighted by Gasteiger charge is 2.31. The molecule has 0 rings (SSSR count). The van der Waals surface area contributed by atoms with Crippen LogP contribution in [-0.4, -0.2) is 25.4 Å². The van der Waals surface area contributed by atoms with Crippen molar-refractivity contribution in [3.63, 3.8) is 0 Å². The van der Waals surface area contributed by atoms with Crippen LogP contribution < -0.4 is 0 Å². The first-order valence-electron chi connectivity index (χ1n) is 2.42. The first-order chi connectivity index (χ1) is 4.63. The van der Waals surface area contributed by atoms with Gasteiger partial charge in [-0.25, -0.2) is 4.57 Å². The lowest BCUT2D eigenvalue weighted by atomic mass is 10.9. The molecule has 0 aromatic carbocycles. The summed E-state index contributed by atoms with van der Waals surface area (Å²) < 4.78 is 24.0. The lowest BCUT2D eigenvalue weighted by Crippen LogP contribution is -2.06. The minimum absolute atomic E-state index is 0.875. The van der Waals surface area contributed by atoms with E-state index in [0.29, 0.717) is 0 Å². The molecule has 0 aliphatic heterocycles. The van der Waals surface area contributed by atoms with Gasteiger partial charge in [0.1, 0.15) is 0 Å². The Kier molecular flexibility index (Phi) is 3.41. The highest BCUT2D eigenvalue weighted by atomic mass is 31.2. The minimum atomic E-state index is -4.81. The summed E-state index contributed by atoms with van der Waals surface area (Å²) in [6.45, 7) is 0.875. The fourth-order valence-electron chi connectivity index (χ4n) is 0.260. The third-order valence-electron chi connectivity index (χ3n) is 0.764. The zero-order valence-corrected chi connectivity index (χ0v) is 7.27. The van der Waals surface area contributed by atoms with Gasteiger partial charge < -0.3 is 19.6 Å². The van der Waals surface area contributed by atoms with Crippen LogP contribution in [0.15, 0.2) is 0 Å². The summed E-state index contributed by atoms with van der Waals surface area (Å²) in [6.07, 6.45) is 0. The van der Waals surface area contributed by atoms with Gasteiger partial charge in [0, 0.05) is 0 Å². The van der Waals surface area contributed by atoms with E-state index in [0.717, 1.165) is 6.92 Å². The molecule has 1 unspecified atom stereocenters. The normalized spacial score (nSPS) is 16.5. The van der Waals surface area contributed by atoms with Crippen molar-refractivity contribution in [2.75, 3.05) is 0 Å². The molecular weight excluding hydrogens is 198 g/mol. The van der Waals surface area contributed by atoms with E-state index in [9.17, 15) is 9.13 Å². The number of rotatable bonds is 3. The number of hydrogen-bond donors (Lipinski definition) is 4. The smallest absolute Gasteiger partial charge is 0.323 e. The third-order valence-corrected chi connectivity index (χ3v) is 2.57. The van der Waals surface area contributed by atoms with Gasteiger partial charge in [0.05, 0.1) is 0 Å². The Labute approximate surface area is 62.4 Å². The Morgan fingerprint density at radius 2 is 1.55 bits per heavy atom. The molecule has 0 aliphatic carbocycles. The lowest BCUT2D eigenvalue weighted by Gasteiger charge is -2.13. The zero-order valence-electron chi connectivity index (χ0n) is 5.49. The summed E-state index contributed by atoms with van der Waals surface area (Å²) in [7, 11) is -9.38. The van der Waals surface area contributed by atoms with Gasteiger partial charge in [-0.1, -0.05) is 0 Å². The number of hydrogen-bond acceptors (Lipinski definition) is 3. The van der Waals surface area contributed by atoms with E-state index in [-0.39, 0.29) is 0 Å². The summed E-state index contributed by atoms with van der Waals surface area (Å²) in [5.74, 6) is -1.79. The Bertz CT molecular complexity index is 210. The van der Waals surface area contributed by atoms with Crippen LogP contribution in [0.2, 0.25) is 0 Å². The van der Waals surface area contributed by atoms with Crippen LogP contribution in [0.4, 0.5) is 0 Å². The van der Waals surface area contributed by atoms with Gasteiger partial charge >= 0.3 is 15.4 Å². The quantitative estimate of drug-likeness (QED) is 0.463. The highest BCUT2D eigenvalue weighted by Crippen LogP contribution is 2.49. The van der Waals surface area contributed by atoms with Crippen molar-refractivity contribution in [1.29, 1.82) is 0 Å². The zero-order chi connectivity index (χ0) is 9.28. The summed E-state index contributed by atoms with van der Waals surface area (Å²) in [5, 5.41) is 0. The van der Waals surface area contributed by atoms with Crippen molar-refractivity contribution in [1.82, 2.24) is 0 Å². The van der Waals surface area contributed by atoms with Crippen LogP contribution in [0.5, 0.6) is 0 Å². The van der Waals surface area contributed by atoms with Gasteiger partial charge in [-0.2, -0.15) is 0 Å². The molecule has 4 N–H and O–H groups in total. The van der Waals surface area contributed by atoms with Gasteiger partial charge in [0.25, 0.3) is 0 Å². The van der Waals surface area contributed by atoms with Crippen molar-refractivity contribution in [2.24, 2.45) is 0 Å². The molecule has 0 fully saturated rings. The van der Waals surface area contributed by atoms with Crippen LogP contribution in [0.1, 0.15) is 6.92 Å². The summed E-state index contributed by atoms with van der Waals surface area (Å²) in [5.41, 5.74) is 0. The van der Waals surface area contributed by atoms with Crippen LogP contribution in [0.25, 0.3) is 0 Å². The molecule has 0 aliphatic rings. The van der Waals surface area contributed by atoms with Crippen LogP contribution in [-0.2, 0) is 13.7 Å². The van der Waals surface area contributed by atoms with E-state index in [1.165, 1.54) is 0 Å². The summed E-state index contributed by atoms with van der Waals surface area (Å²) >= 11 is 0. The highest BCUT2D eigenvalue weighted by molar-refractivity contribution is 7.53. The summed E-state index contributed by atoms with van der Waals surface area (Å²) in [4.78, 5) is 32.8. The van der Waals surface area contributed by atoms with Gasteiger partial charge in [-0.15, -0.1) is 0 Å². The second kappa shape index (κ2) is 3.33. The first kappa shape index (κ1) is 11.3. The molecule has 0 saturated heterocycles. The van der Waals surface area contributed by atoms with Crippen LogP contribution in [0, 0.1) is 0 Å². The second-order valence-electron chi connectivity index (χ2n) is 1.78. The molecular formula is C2H8O7P2. The number of phosphoric acid groups is 1. The lowest BCUT2D eigenvalue weighted by molar-refractivity contribution is 0.164. The molecule has 0 spiro atoms. The van der Waals surface area contributed by atoms with Crippen LogP contribution in [0.3, 0.4) is 0 Å². The second-order valence-corrected chi connectivity index (χ2v) is 4.88. The number of phosphoric ester groups is 1. The maximum absolute atomic E-state index is 10.2. The molecule has 1 atom stereocenters. The van der Waals surface area contributed by atoms with Gasteiger partial charge in [-0.3, -0.25) is 9.09 Å². The third kappa shape index (κ3) is 5.52. The Hall–Kier alpha value is 0.260.